The summed E-state index contributed by atoms with van der Waals surface area (Å²) in [6, 6.07) is -0.160. The fourth-order valence-electron chi connectivity index (χ4n) is 0.640. The summed E-state index contributed by atoms with van der Waals surface area (Å²) >= 11 is 1.71. The third-order valence-electron chi connectivity index (χ3n) is 1.30. The van der Waals surface area contributed by atoms with E-state index in [1.165, 1.54) is 0 Å². The Kier molecular flexibility index (Phi) is 5.67. The van der Waals surface area contributed by atoms with E-state index in [2.05, 4.69) is 5.43 Å². The van der Waals surface area contributed by atoms with Crippen molar-refractivity contribution in [2.24, 2.45) is 5.84 Å². The molecule has 0 aromatic rings. The Morgan fingerprint density at radius 3 is 2.70 bits per heavy atom. The van der Waals surface area contributed by atoms with Gasteiger partial charge in [0.1, 0.15) is 5.78 Å². The van der Waals surface area contributed by atoms with Gasteiger partial charge in [0.2, 0.25) is 0 Å². The fourth-order valence-corrected chi connectivity index (χ4v) is 1.11. The molecule has 1 atom stereocenters. The normalized spacial score (nSPS) is 13.1. The highest BCUT2D eigenvalue weighted by molar-refractivity contribution is 7.98. The lowest BCUT2D eigenvalue weighted by atomic mass is 10.2. The van der Waals surface area contributed by atoms with Crippen molar-refractivity contribution in [1.82, 2.24) is 5.43 Å². The summed E-state index contributed by atoms with van der Waals surface area (Å²) in [5.74, 6) is 6.21. The Morgan fingerprint density at radius 2 is 2.40 bits per heavy atom. The third kappa shape index (κ3) is 3.87. The number of carbonyl (C=O) groups excluding carboxylic acids is 1. The number of thioether (sulfide) groups is 1. The summed E-state index contributed by atoms with van der Waals surface area (Å²) in [7, 11) is 0. The second kappa shape index (κ2) is 5.70. The van der Waals surface area contributed by atoms with Crippen LogP contribution in [-0.2, 0) is 4.79 Å². The van der Waals surface area contributed by atoms with Gasteiger partial charge in [-0.1, -0.05) is 0 Å². The molecule has 0 aliphatic carbocycles. The number of hydrazine groups is 1. The van der Waals surface area contributed by atoms with Crippen LogP contribution >= 0.6 is 11.8 Å². The fraction of sp³-hybridized carbons (Fsp3) is 0.833. The Hall–Kier alpha value is -0.0600. The maximum Gasteiger partial charge on any atom is 0.148 e. The minimum Gasteiger partial charge on any atom is -0.298 e. The molecule has 3 nitrogen and oxygen atoms in total. The van der Waals surface area contributed by atoms with Gasteiger partial charge in [-0.3, -0.25) is 10.6 Å². The molecule has 0 spiro atoms. The quantitative estimate of drug-likeness (QED) is 0.446. The van der Waals surface area contributed by atoms with Crippen molar-refractivity contribution in [2.75, 3.05) is 12.0 Å². The molecule has 3 N–H and O–H groups in total. The number of hydrogen-bond donors (Lipinski definition) is 2. The molecule has 0 bridgehead atoms. The van der Waals surface area contributed by atoms with Crippen LogP contribution in [0, 0.1) is 0 Å². The van der Waals surface area contributed by atoms with Crippen LogP contribution in [0.15, 0.2) is 0 Å². The minimum atomic E-state index is -0.160. The van der Waals surface area contributed by atoms with Gasteiger partial charge in [0.05, 0.1) is 6.04 Å². The molecule has 0 aromatic carbocycles. The van der Waals surface area contributed by atoms with Crippen LogP contribution < -0.4 is 11.3 Å². The summed E-state index contributed by atoms with van der Waals surface area (Å²) < 4.78 is 0. The van der Waals surface area contributed by atoms with Crippen LogP contribution in [0.2, 0.25) is 0 Å². The molecule has 0 aliphatic rings. The first-order valence-corrected chi connectivity index (χ1v) is 4.57. The van der Waals surface area contributed by atoms with Crippen molar-refractivity contribution in [3.63, 3.8) is 0 Å². The van der Waals surface area contributed by atoms with E-state index in [9.17, 15) is 4.79 Å². The topological polar surface area (TPSA) is 55.1 Å². The van der Waals surface area contributed by atoms with Crippen molar-refractivity contribution in [1.29, 1.82) is 0 Å². The van der Waals surface area contributed by atoms with Gasteiger partial charge in [0.25, 0.3) is 0 Å². The summed E-state index contributed by atoms with van der Waals surface area (Å²) in [5, 5.41) is 0. The van der Waals surface area contributed by atoms with Crippen LogP contribution in [0.1, 0.15) is 13.3 Å². The second-order valence-corrected chi connectivity index (χ2v) is 3.10. The van der Waals surface area contributed by atoms with E-state index in [1.54, 1.807) is 18.7 Å². The van der Waals surface area contributed by atoms with E-state index in [4.69, 9.17) is 5.84 Å². The maximum absolute atomic E-state index is 10.7. The van der Waals surface area contributed by atoms with Gasteiger partial charge in [0.15, 0.2) is 0 Å². The lowest BCUT2D eigenvalue weighted by Crippen LogP contribution is -2.40. The summed E-state index contributed by atoms with van der Waals surface area (Å²) in [5.41, 5.74) is 2.47. The molecule has 0 aliphatic heterocycles. The second-order valence-electron chi connectivity index (χ2n) is 2.11. The standard InChI is InChI=1S/C6H14N2OS/c1-5(9)6(8-7)3-4-10-2/h6,8H,3-4,7H2,1-2H3. The summed E-state index contributed by atoms with van der Waals surface area (Å²) in [6.07, 6.45) is 2.82. The van der Waals surface area contributed by atoms with Gasteiger partial charge in [-0.25, -0.2) is 5.43 Å². The first-order chi connectivity index (χ1) is 4.72. The molecule has 60 valence electrons. The predicted molar refractivity (Wildman–Crippen MR) is 44.8 cm³/mol. The van der Waals surface area contributed by atoms with Gasteiger partial charge in [-0.05, 0) is 25.4 Å². The van der Waals surface area contributed by atoms with Crippen LogP contribution in [0.5, 0.6) is 0 Å². The van der Waals surface area contributed by atoms with Crippen molar-refractivity contribution in [2.45, 2.75) is 19.4 Å². The molecule has 10 heavy (non-hydrogen) atoms. The predicted octanol–water partition coefficient (Wildman–Crippen LogP) is 0.160. The first-order valence-electron chi connectivity index (χ1n) is 3.18. The monoisotopic (exact) mass is 162 g/mol. The van der Waals surface area contributed by atoms with Gasteiger partial charge in [0, 0.05) is 0 Å². The van der Waals surface area contributed by atoms with E-state index in [0.29, 0.717) is 0 Å². The summed E-state index contributed by atoms with van der Waals surface area (Å²) in [4.78, 5) is 10.7. The average Bonchev–Trinajstić information content (AvgIpc) is 1.89. The van der Waals surface area contributed by atoms with Crippen molar-refractivity contribution >= 4 is 17.5 Å². The molecule has 0 fully saturated rings. The molecule has 1 unspecified atom stereocenters. The third-order valence-corrected chi connectivity index (χ3v) is 1.95. The molecular formula is C6H14N2OS. The highest BCUT2D eigenvalue weighted by Crippen LogP contribution is 1.99. The average molecular weight is 162 g/mol. The van der Waals surface area contributed by atoms with E-state index in [1.807, 2.05) is 6.26 Å². The largest absolute Gasteiger partial charge is 0.298 e. The Bertz CT molecular complexity index is 108. The highest BCUT2D eigenvalue weighted by atomic mass is 32.2. The number of ketones is 1. The van der Waals surface area contributed by atoms with E-state index in [0.717, 1.165) is 12.2 Å². The number of rotatable bonds is 5. The molecule has 0 heterocycles. The summed E-state index contributed by atoms with van der Waals surface area (Å²) in [6.45, 7) is 1.55. The van der Waals surface area contributed by atoms with Gasteiger partial charge >= 0.3 is 0 Å². The zero-order valence-corrected chi connectivity index (χ0v) is 7.20. The number of hydrogen-bond acceptors (Lipinski definition) is 4. The van der Waals surface area contributed by atoms with E-state index >= 15 is 0 Å². The van der Waals surface area contributed by atoms with Crippen LogP contribution in [0.4, 0.5) is 0 Å². The molecule has 0 aromatic heterocycles. The smallest absolute Gasteiger partial charge is 0.148 e. The lowest BCUT2D eigenvalue weighted by Gasteiger charge is -2.10. The number of Topliss-reactive ketones (excluding diaryl/α,β-unsaturated/α-hetero) is 1. The molecule has 0 saturated heterocycles. The van der Waals surface area contributed by atoms with Crippen molar-refractivity contribution in [3.8, 4) is 0 Å². The van der Waals surface area contributed by atoms with Crippen LogP contribution in [-0.4, -0.2) is 23.8 Å². The van der Waals surface area contributed by atoms with E-state index in [-0.39, 0.29) is 11.8 Å². The van der Waals surface area contributed by atoms with Crippen molar-refractivity contribution < 1.29 is 4.79 Å². The molecule has 0 amide bonds. The van der Waals surface area contributed by atoms with Crippen LogP contribution in [0.25, 0.3) is 0 Å². The Balaban J connectivity index is 3.50. The zero-order valence-electron chi connectivity index (χ0n) is 6.39. The number of nitrogens with two attached hydrogens (primary N) is 1. The van der Waals surface area contributed by atoms with E-state index < -0.39 is 0 Å². The maximum atomic E-state index is 10.7. The zero-order chi connectivity index (χ0) is 7.98. The molecular weight excluding hydrogens is 148 g/mol. The first kappa shape index (κ1) is 9.94. The molecule has 0 rings (SSSR count). The highest BCUT2D eigenvalue weighted by Gasteiger charge is 2.09. The minimum absolute atomic E-state index is 0.108. The SMILES string of the molecule is CSCCC(NN)C(C)=O. The lowest BCUT2D eigenvalue weighted by molar-refractivity contribution is -0.119. The molecule has 4 heteroatoms. The van der Waals surface area contributed by atoms with Gasteiger partial charge in [-0.15, -0.1) is 0 Å². The van der Waals surface area contributed by atoms with Crippen molar-refractivity contribution in [3.05, 3.63) is 0 Å². The molecule has 0 radical (unpaired) electrons. The number of carbonyl (C=O) groups is 1. The van der Waals surface area contributed by atoms with Gasteiger partial charge < -0.3 is 0 Å². The Labute approximate surface area is 65.7 Å². The van der Waals surface area contributed by atoms with Crippen LogP contribution in [0.3, 0.4) is 0 Å². The Morgan fingerprint density at radius 1 is 1.80 bits per heavy atom. The molecule has 0 saturated carbocycles. The number of nitrogens with one attached hydrogen (secondary N) is 1. The van der Waals surface area contributed by atoms with Gasteiger partial charge in [-0.2, -0.15) is 11.8 Å².